The van der Waals surface area contributed by atoms with Crippen molar-refractivity contribution in [2.24, 2.45) is 0 Å². The van der Waals surface area contributed by atoms with E-state index in [-0.39, 0.29) is 11.6 Å². The number of carbonyl (C=O) groups is 1. The molecule has 0 aliphatic heterocycles. The van der Waals surface area contributed by atoms with Gasteiger partial charge in [-0.25, -0.2) is 4.79 Å². The summed E-state index contributed by atoms with van der Waals surface area (Å²) < 4.78 is 6.39. The minimum Gasteiger partial charge on any atom is -0.478 e. The van der Waals surface area contributed by atoms with Crippen molar-refractivity contribution < 1.29 is 14.3 Å². The number of furan rings is 1. The highest BCUT2D eigenvalue weighted by Gasteiger charge is 2.28. The fourth-order valence-corrected chi connectivity index (χ4v) is 4.10. The van der Waals surface area contributed by atoms with E-state index in [1.165, 1.54) is 18.4 Å². The molecule has 146 valence electrons. The second kappa shape index (κ2) is 6.62. The fraction of sp³-hybridized carbons (Fsp3) is 0.250. The van der Waals surface area contributed by atoms with Crippen LogP contribution in [0.15, 0.2) is 53.1 Å². The molecule has 0 saturated heterocycles. The third-order valence-corrected chi connectivity index (χ3v) is 5.67. The monoisotopic (exact) mass is 386 g/mol. The number of aryl methyl sites for hydroxylation is 1. The van der Waals surface area contributed by atoms with Gasteiger partial charge in [0.05, 0.1) is 11.6 Å². The number of aromatic carboxylic acids is 1. The quantitative estimate of drug-likeness (QED) is 0.437. The van der Waals surface area contributed by atoms with Gasteiger partial charge in [-0.05, 0) is 62.4 Å². The minimum absolute atomic E-state index is 0.136. The number of anilines is 1. The standard InChI is InChI=1S/C24H22N2O3/c1-13-11-18(14(2)26-20-6-4-3-5-17(20)24(27)28)22-19(12-13)21-23(29-22)16(9-10-25-21)15-7-8-15/h3-6,9-12,14-15,26H,7-8H2,1-2H3,(H,27,28)/t14-/m1/s1. The summed E-state index contributed by atoms with van der Waals surface area (Å²) in [7, 11) is 0. The van der Waals surface area contributed by atoms with Crippen molar-refractivity contribution in [2.45, 2.75) is 38.6 Å². The number of pyridine rings is 1. The Labute approximate surface area is 168 Å². The number of benzene rings is 2. The lowest BCUT2D eigenvalue weighted by atomic mass is 10.0. The molecular formula is C24H22N2O3. The van der Waals surface area contributed by atoms with Gasteiger partial charge in [-0.1, -0.05) is 18.2 Å². The van der Waals surface area contributed by atoms with E-state index in [1.54, 1.807) is 18.2 Å². The Morgan fingerprint density at radius 3 is 2.76 bits per heavy atom. The van der Waals surface area contributed by atoms with Crippen LogP contribution < -0.4 is 5.32 Å². The SMILES string of the molecule is Cc1cc([C@@H](C)Nc2ccccc2C(=O)O)c2oc3c(C4CC4)ccnc3c2c1. The number of aromatic nitrogens is 1. The largest absolute Gasteiger partial charge is 0.478 e. The second-order valence-electron chi connectivity index (χ2n) is 7.90. The summed E-state index contributed by atoms with van der Waals surface area (Å²) in [5, 5.41) is 13.9. The van der Waals surface area contributed by atoms with E-state index in [9.17, 15) is 9.90 Å². The van der Waals surface area contributed by atoms with E-state index >= 15 is 0 Å². The molecule has 5 rings (SSSR count). The lowest BCUT2D eigenvalue weighted by Gasteiger charge is -2.18. The number of para-hydroxylation sites is 1. The zero-order valence-corrected chi connectivity index (χ0v) is 16.4. The highest BCUT2D eigenvalue weighted by Crippen LogP contribution is 2.45. The highest BCUT2D eigenvalue weighted by molar-refractivity contribution is 6.05. The predicted molar refractivity (Wildman–Crippen MR) is 114 cm³/mol. The number of nitrogens with zero attached hydrogens (tertiary/aromatic N) is 1. The zero-order chi connectivity index (χ0) is 20.1. The van der Waals surface area contributed by atoms with E-state index in [4.69, 9.17) is 4.42 Å². The molecule has 5 heteroatoms. The molecule has 1 aliphatic carbocycles. The summed E-state index contributed by atoms with van der Waals surface area (Å²) in [6.45, 7) is 4.08. The molecule has 29 heavy (non-hydrogen) atoms. The molecule has 0 unspecified atom stereocenters. The van der Waals surface area contributed by atoms with E-state index in [0.717, 1.165) is 33.2 Å². The molecule has 1 aliphatic rings. The number of rotatable bonds is 5. The molecule has 1 atom stereocenters. The van der Waals surface area contributed by atoms with Crippen molar-refractivity contribution in [3.63, 3.8) is 0 Å². The number of hydrogen-bond acceptors (Lipinski definition) is 4. The van der Waals surface area contributed by atoms with Gasteiger partial charge >= 0.3 is 5.97 Å². The summed E-state index contributed by atoms with van der Waals surface area (Å²) in [5.41, 5.74) is 6.82. The molecule has 0 amide bonds. The lowest BCUT2D eigenvalue weighted by molar-refractivity contribution is 0.0698. The smallest absolute Gasteiger partial charge is 0.337 e. The number of carboxylic acids is 1. The van der Waals surface area contributed by atoms with Crippen LogP contribution in [0.1, 0.15) is 58.8 Å². The summed E-state index contributed by atoms with van der Waals surface area (Å²) in [5.74, 6) is -0.375. The van der Waals surface area contributed by atoms with Gasteiger partial charge in [-0.15, -0.1) is 0 Å². The van der Waals surface area contributed by atoms with Gasteiger partial charge < -0.3 is 14.8 Å². The molecule has 2 heterocycles. The number of fused-ring (bicyclic) bond motifs is 3. The van der Waals surface area contributed by atoms with Crippen molar-refractivity contribution in [3.05, 3.63) is 70.9 Å². The maximum Gasteiger partial charge on any atom is 0.337 e. The summed E-state index contributed by atoms with van der Waals surface area (Å²) in [4.78, 5) is 16.2. The first-order chi connectivity index (χ1) is 14.0. The van der Waals surface area contributed by atoms with Gasteiger partial charge in [0.2, 0.25) is 0 Å². The molecule has 2 aromatic heterocycles. The molecule has 4 aromatic rings. The van der Waals surface area contributed by atoms with Crippen LogP contribution >= 0.6 is 0 Å². The van der Waals surface area contributed by atoms with Gasteiger partial charge in [0, 0.05) is 28.4 Å². The summed E-state index contributed by atoms with van der Waals surface area (Å²) >= 11 is 0. The minimum atomic E-state index is -0.947. The van der Waals surface area contributed by atoms with Crippen molar-refractivity contribution in [1.29, 1.82) is 0 Å². The molecule has 0 spiro atoms. The van der Waals surface area contributed by atoms with Crippen LogP contribution in [0.25, 0.3) is 22.1 Å². The summed E-state index contributed by atoms with van der Waals surface area (Å²) in [6, 6.07) is 13.1. The first-order valence-electron chi connectivity index (χ1n) is 9.93. The number of carboxylic acid groups (broad SMARTS) is 1. The van der Waals surface area contributed by atoms with E-state index in [2.05, 4.69) is 35.4 Å². The number of hydrogen-bond donors (Lipinski definition) is 2. The van der Waals surface area contributed by atoms with Gasteiger partial charge in [0.1, 0.15) is 11.1 Å². The van der Waals surface area contributed by atoms with Crippen LogP contribution in [0.4, 0.5) is 5.69 Å². The molecule has 2 N–H and O–H groups in total. The van der Waals surface area contributed by atoms with E-state index in [1.807, 2.05) is 19.2 Å². The maximum absolute atomic E-state index is 11.6. The first-order valence-corrected chi connectivity index (χ1v) is 9.93. The van der Waals surface area contributed by atoms with Crippen molar-refractivity contribution in [3.8, 4) is 0 Å². The van der Waals surface area contributed by atoms with E-state index in [0.29, 0.717) is 11.6 Å². The average Bonchev–Trinajstić information content (AvgIpc) is 3.48. The van der Waals surface area contributed by atoms with Gasteiger partial charge in [-0.3, -0.25) is 4.98 Å². The van der Waals surface area contributed by atoms with Crippen LogP contribution in [0.3, 0.4) is 0 Å². The normalized spacial score (nSPS) is 15.0. The Kier molecular flexibility index (Phi) is 4.05. The Morgan fingerprint density at radius 1 is 1.21 bits per heavy atom. The molecule has 5 nitrogen and oxygen atoms in total. The van der Waals surface area contributed by atoms with Gasteiger partial charge in [0.15, 0.2) is 5.58 Å². The van der Waals surface area contributed by atoms with Crippen LogP contribution in [0.5, 0.6) is 0 Å². The van der Waals surface area contributed by atoms with Crippen LogP contribution in [0.2, 0.25) is 0 Å². The first kappa shape index (κ1) is 17.7. The number of nitrogens with one attached hydrogen (secondary N) is 1. The van der Waals surface area contributed by atoms with Crippen LogP contribution in [0, 0.1) is 6.92 Å². The predicted octanol–water partition coefficient (Wildman–Crippen LogP) is 6.04. The molecule has 0 radical (unpaired) electrons. The molecule has 0 bridgehead atoms. The van der Waals surface area contributed by atoms with Crippen molar-refractivity contribution in [1.82, 2.24) is 4.98 Å². The molecule has 1 saturated carbocycles. The summed E-state index contributed by atoms with van der Waals surface area (Å²) in [6.07, 6.45) is 4.27. The molecule has 2 aromatic carbocycles. The Balaban J connectivity index is 1.64. The lowest BCUT2D eigenvalue weighted by Crippen LogP contribution is -2.11. The third-order valence-electron chi connectivity index (χ3n) is 5.67. The van der Waals surface area contributed by atoms with Crippen LogP contribution in [-0.4, -0.2) is 16.1 Å². The van der Waals surface area contributed by atoms with E-state index < -0.39 is 5.97 Å². The average molecular weight is 386 g/mol. The van der Waals surface area contributed by atoms with Crippen molar-refractivity contribution >= 4 is 33.7 Å². The van der Waals surface area contributed by atoms with Gasteiger partial charge in [0.25, 0.3) is 0 Å². The zero-order valence-electron chi connectivity index (χ0n) is 16.4. The highest BCUT2D eigenvalue weighted by atomic mass is 16.4. The Hall–Kier alpha value is -3.34. The topological polar surface area (TPSA) is 75.4 Å². The van der Waals surface area contributed by atoms with Gasteiger partial charge in [-0.2, -0.15) is 0 Å². The molecule has 1 fully saturated rings. The fourth-order valence-electron chi connectivity index (χ4n) is 4.10. The molecular weight excluding hydrogens is 364 g/mol. The van der Waals surface area contributed by atoms with Crippen LogP contribution in [-0.2, 0) is 0 Å². The second-order valence-corrected chi connectivity index (χ2v) is 7.90. The third kappa shape index (κ3) is 3.03. The van der Waals surface area contributed by atoms with Crippen molar-refractivity contribution in [2.75, 3.05) is 5.32 Å². The maximum atomic E-state index is 11.6. The Morgan fingerprint density at radius 2 is 2.00 bits per heavy atom. The Bertz CT molecular complexity index is 1250.